The maximum absolute atomic E-state index is 12.9. The van der Waals surface area contributed by atoms with Gasteiger partial charge in [0.05, 0.1) is 12.5 Å². The van der Waals surface area contributed by atoms with E-state index in [9.17, 15) is 29.1 Å². The molecule has 0 bridgehead atoms. The maximum Gasteiger partial charge on any atom is 0.326 e. The zero-order valence-corrected chi connectivity index (χ0v) is 18.6. The van der Waals surface area contributed by atoms with Crippen LogP contribution in [0.3, 0.4) is 0 Å². The van der Waals surface area contributed by atoms with Crippen LogP contribution in [0.4, 0.5) is 0 Å². The van der Waals surface area contributed by atoms with Crippen LogP contribution in [0, 0.1) is 11.8 Å². The summed E-state index contributed by atoms with van der Waals surface area (Å²) in [6.45, 7) is 7.36. The summed E-state index contributed by atoms with van der Waals surface area (Å²) in [4.78, 5) is 62.4. The molecule has 176 valence electrons. The number of primary amides is 1. The van der Waals surface area contributed by atoms with Crippen LogP contribution in [0.15, 0.2) is 0 Å². The number of hydrogen-bond donors (Lipinski definition) is 5. The number of nitrogens with one attached hydrogen (secondary N) is 2. The third-order valence-electron chi connectivity index (χ3n) is 5.65. The van der Waals surface area contributed by atoms with Gasteiger partial charge in [-0.05, 0) is 24.7 Å². The van der Waals surface area contributed by atoms with Gasteiger partial charge in [0.2, 0.25) is 23.6 Å². The Morgan fingerprint density at radius 2 is 1.74 bits per heavy atom. The van der Waals surface area contributed by atoms with Gasteiger partial charge in [-0.2, -0.15) is 0 Å². The van der Waals surface area contributed by atoms with Gasteiger partial charge < -0.3 is 32.1 Å². The van der Waals surface area contributed by atoms with E-state index in [2.05, 4.69) is 10.6 Å². The number of aliphatic carboxylic acids is 1. The monoisotopic (exact) mass is 441 g/mol. The molecule has 5 atom stereocenters. The number of carbonyl (C=O) groups excluding carboxylic acids is 4. The van der Waals surface area contributed by atoms with Crippen molar-refractivity contribution in [2.24, 2.45) is 23.3 Å². The van der Waals surface area contributed by atoms with Crippen LogP contribution in [0.25, 0.3) is 0 Å². The number of carbonyl (C=O) groups is 5. The second-order valence-electron chi connectivity index (χ2n) is 8.40. The molecule has 4 amide bonds. The molecule has 1 rings (SSSR count). The normalized spacial score (nSPS) is 19.9. The lowest BCUT2D eigenvalue weighted by Crippen LogP contribution is -2.58. The fourth-order valence-electron chi connectivity index (χ4n) is 3.44. The number of rotatable bonds is 11. The van der Waals surface area contributed by atoms with Crippen LogP contribution in [0.1, 0.15) is 53.4 Å². The van der Waals surface area contributed by atoms with Crippen LogP contribution in [0.2, 0.25) is 0 Å². The van der Waals surface area contributed by atoms with Gasteiger partial charge in [-0.3, -0.25) is 19.2 Å². The molecule has 0 aromatic heterocycles. The van der Waals surface area contributed by atoms with Crippen LogP contribution < -0.4 is 22.1 Å². The van der Waals surface area contributed by atoms with E-state index >= 15 is 0 Å². The van der Waals surface area contributed by atoms with E-state index in [4.69, 9.17) is 11.5 Å². The number of amides is 4. The average Bonchev–Trinajstić information content (AvgIpc) is 3.18. The Morgan fingerprint density at radius 1 is 1.13 bits per heavy atom. The lowest BCUT2D eigenvalue weighted by atomic mass is 9.98. The van der Waals surface area contributed by atoms with E-state index in [1.54, 1.807) is 13.8 Å². The Bertz CT molecular complexity index is 698. The molecule has 1 heterocycles. The standard InChI is InChI=1S/C20H35N5O6/c1-5-11(4)15(22)19(29)25-8-6-7-13(25)18(28)23-12(9-14(21)26)17(27)24-16(10(2)3)20(30)31/h10-13,15-16H,5-9,22H2,1-4H3,(H2,21,26)(H,23,28)(H,24,27)(H,30,31). The van der Waals surface area contributed by atoms with Crippen molar-refractivity contribution in [3.63, 3.8) is 0 Å². The quantitative estimate of drug-likeness (QED) is 0.270. The van der Waals surface area contributed by atoms with Crippen molar-refractivity contribution < 1.29 is 29.1 Å². The first-order chi connectivity index (χ1) is 14.4. The number of nitrogens with two attached hydrogens (primary N) is 2. The molecule has 1 aliphatic heterocycles. The lowest BCUT2D eigenvalue weighted by molar-refractivity contribution is -0.144. The summed E-state index contributed by atoms with van der Waals surface area (Å²) in [5, 5.41) is 14.1. The summed E-state index contributed by atoms with van der Waals surface area (Å²) in [5.41, 5.74) is 11.2. The Hall–Kier alpha value is -2.69. The van der Waals surface area contributed by atoms with Crippen molar-refractivity contribution in [2.75, 3.05) is 6.54 Å². The van der Waals surface area contributed by atoms with E-state index in [-0.39, 0.29) is 11.8 Å². The molecule has 1 aliphatic rings. The summed E-state index contributed by atoms with van der Waals surface area (Å²) in [6.07, 6.45) is 1.19. The first kappa shape index (κ1) is 26.3. The summed E-state index contributed by atoms with van der Waals surface area (Å²) in [5.74, 6) is -4.34. The molecule has 0 aromatic carbocycles. The van der Waals surface area contributed by atoms with Crippen LogP contribution in [-0.4, -0.2) is 70.3 Å². The third-order valence-corrected chi connectivity index (χ3v) is 5.65. The molecule has 11 nitrogen and oxygen atoms in total. The van der Waals surface area contributed by atoms with E-state index in [1.165, 1.54) is 4.90 Å². The van der Waals surface area contributed by atoms with Gasteiger partial charge in [-0.1, -0.05) is 34.1 Å². The SMILES string of the molecule is CCC(C)C(N)C(=O)N1CCCC1C(=O)NC(CC(N)=O)C(=O)NC(C(=O)O)C(C)C. The number of carboxylic acids is 1. The van der Waals surface area contributed by atoms with Gasteiger partial charge >= 0.3 is 5.97 Å². The third kappa shape index (κ3) is 7.20. The first-order valence-corrected chi connectivity index (χ1v) is 10.6. The van der Waals surface area contributed by atoms with Crippen molar-refractivity contribution in [3.8, 4) is 0 Å². The first-order valence-electron chi connectivity index (χ1n) is 10.6. The van der Waals surface area contributed by atoms with Crippen molar-refractivity contribution in [1.82, 2.24) is 15.5 Å². The van der Waals surface area contributed by atoms with Crippen LogP contribution in [0.5, 0.6) is 0 Å². The second-order valence-corrected chi connectivity index (χ2v) is 8.40. The van der Waals surface area contributed by atoms with Crippen molar-refractivity contribution in [3.05, 3.63) is 0 Å². The van der Waals surface area contributed by atoms with Crippen LogP contribution >= 0.6 is 0 Å². The smallest absolute Gasteiger partial charge is 0.326 e. The topological polar surface area (TPSA) is 185 Å². The highest BCUT2D eigenvalue weighted by molar-refractivity contribution is 5.96. The van der Waals surface area contributed by atoms with Gasteiger partial charge in [0.25, 0.3) is 0 Å². The minimum absolute atomic E-state index is 0.0609. The number of hydrogen-bond acceptors (Lipinski definition) is 6. The zero-order valence-electron chi connectivity index (χ0n) is 18.6. The summed E-state index contributed by atoms with van der Waals surface area (Å²) in [7, 11) is 0. The van der Waals surface area contributed by atoms with E-state index in [1.807, 2.05) is 13.8 Å². The minimum Gasteiger partial charge on any atom is -0.480 e. The van der Waals surface area contributed by atoms with E-state index in [0.717, 1.165) is 0 Å². The highest BCUT2D eigenvalue weighted by Gasteiger charge is 2.39. The summed E-state index contributed by atoms with van der Waals surface area (Å²) < 4.78 is 0. The Labute approximate surface area is 182 Å². The van der Waals surface area contributed by atoms with Gasteiger partial charge in [0.15, 0.2) is 0 Å². The van der Waals surface area contributed by atoms with Crippen molar-refractivity contribution >= 4 is 29.6 Å². The number of carboxylic acid groups (broad SMARTS) is 1. The molecule has 0 spiro atoms. The molecule has 0 aromatic rings. The molecular weight excluding hydrogens is 406 g/mol. The molecule has 1 fully saturated rings. The van der Waals surface area contributed by atoms with E-state index in [0.29, 0.717) is 25.8 Å². The molecule has 1 saturated heterocycles. The summed E-state index contributed by atoms with van der Waals surface area (Å²) >= 11 is 0. The van der Waals surface area contributed by atoms with Crippen molar-refractivity contribution in [2.45, 2.75) is 77.5 Å². The molecule has 0 aliphatic carbocycles. The predicted molar refractivity (Wildman–Crippen MR) is 112 cm³/mol. The fraction of sp³-hybridized carbons (Fsp3) is 0.750. The zero-order chi connectivity index (χ0) is 23.9. The van der Waals surface area contributed by atoms with Gasteiger partial charge in [-0.25, -0.2) is 4.79 Å². The molecule has 7 N–H and O–H groups in total. The molecule has 11 heteroatoms. The molecule has 5 unspecified atom stereocenters. The Balaban J connectivity index is 2.95. The molecule has 31 heavy (non-hydrogen) atoms. The maximum atomic E-state index is 12.9. The van der Waals surface area contributed by atoms with Crippen molar-refractivity contribution in [1.29, 1.82) is 0 Å². The highest BCUT2D eigenvalue weighted by atomic mass is 16.4. The molecule has 0 saturated carbocycles. The lowest BCUT2D eigenvalue weighted by Gasteiger charge is -2.30. The second kappa shape index (κ2) is 11.6. The largest absolute Gasteiger partial charge is 0.480 e. The number of likely N-dealkylation sites (tertiary alicyclic amines) is 1. The summed E-state index contributed by atoms with van der Waals surface area (Å²) in [6, 6.07) is -4.12. The van der Waals surface area contributed by atoms with Crippen LogP contribution in [-0.2, 0) is 24.0 Å². The van der Waals surface area contributed by atoms with Gasteiger partial charge in [0.1, 0.15) is 18.1 Å². The Morgan fingerprint density at radius 3 is 2.23 bits per heavy atom. The fourth-order valence-corrected chi connectivity index (χ4v) is 3.44. The predicted octanol–water partition coefficient (Wildman–Crippen LogP) is -1.06. The Kier molecular flexibility index (Phi) is 9.89. The highest BCUT2D eigenvalue weighted by Crippen LogP contribution is 2.21. The number of nitrogens with zero attached hydrogens (tertiary/aromatic N) is 1. The van der Waals surface area contributed by atoms with Gasteiger partial charge in [-0.15, -0.1) is 0 Å². The minimum atomic E-state index is -1.36. The molecule has 0 radical (unpaired) electrons. The molecular formula is C20H35N5O6. The van der Waals surface area contributed by atoms with Gasteiger partial charge in [0, 0.05) is 6.54 Å². The average molecular weight is 442 g/mol. The van der Waals surface area contributed by atoms with E-state index < -0.39 is 60.2 Å².